The smallest absolute Gasteiger partial charge is 0.273 e. The molecule has 0 saturated heterocycles. The molecular formula is C17H23N3O3. The minimum Gasteiger partial charge on any atom is -0.390 e. The first-order valence-electron chi connectivity index (χ1n) is 8.45. The standard InChI is InChI=1S/C17H23N3O3/c18-14(15(22)20-3-1-2-13(20)19-10-21)16-5-11-4-12(6-16)8-17(23,7-11)9-16/h1,3,10-13,18,23H,2,4-9H2,(H,19,21). The molecule has 6 heteroatoms. The van der Waals surface area contributed by atoms with Crippen LogP contribution in [-0.4, -0.2) is 39.8 Å². The first kappa shape index (κ1) is 14.9. The van der Waals surface area contributed by atoms with Gasteiger partial charge in [0.25, 0.3) is 5.91 Å². The highest BCUT2D eigenvalue weighted by molar-refractivity contribution is 6.40. The third-order valence-electron chi connectivity index (χ3n) is 6.23. The quantitative estimate of drug-likeness (QED) is 0.536. The van der Waals surface area contributed by atoms with E-state index in [0.29, 0.717) is 31.1 Å². The zero-order valence-corrected chi connectivity index (χ0v) is 13.1. The van der Waals surface area contributed by atoms with Gasteiger partial charge in [-0.15, -0.1) is 0 Å². The molecule has 0 spiro atoms. The number of carbonyl (C=O) groups excluding carboxylic acids is 2. The molecule has 0 aromatic heterocycles. The van der Waals surface area contributed by atoms with Gasteiger partial charge in [0.2, 0.25) is 6.41 Å². The van der Waals surface area contributed by atoms with E-state index in [1.54, 1.807) is 6.20 Å². The molecule has 1 aliphatic heterocycles. The molecule has 23 heavy (non-hydrogen) atoms. The van der Waals surface area contributed by atoms with Crippen molar-refractivity contribution in [2.45, 2.75) is 56.7 Å². The van der Waals surface area contributed by atoms with Crippen molar-refractivity contribution >= 4 is 18.0 Å². The Hall–Kier alpha value is -1.69. The van der Waals surface area contributed by atoms with Gasteiger partial charge in [-0.2, -0.15) is 0 Å². The van der Waals surface area contributed by atoms with Crippen LogP contribution in [0.5, 0.6) is 0 Å². The predicted octanol–water partition coefficient (Wildman–Crippen LogP) is 1.16. The average molecular weight is 317 g/mol. The van der Waals surface area contributed by atoms with Gasteiger partial charge < -0.3 is 10.4 Å². The van der Waals surface area contributed by atoms with E-state index in [2.05, 4.69) is 5.32 Å². The van der Waals surface area contributed by atoms with Gasteiger partial charge >= 0.3 is 0 Å². The topological polar surface area (TPSA) is 93.5 Å². The van der Waals surface area contributed by atoms with E-state index >= 15 is 0 Å². The van der Waals surface area contributed by atoms with E-state index in [1.165, 1.54) is 4.90 Å². The molecule has 0 aromatic carbocycles. The summed E-state index contributed by atoms with van der Waals surface area (Å²) in [5.41, 5.74) is -1.04. The van der Waals surface area contributed by atoms with Crippen LogP contribution in [0.25, 0.3) is 0 Å². The average Bonchev–Trinajstić information content (AvgIpc) is 2.92. The number of nitrogens with zero attached hydrogens (tertiary/aromatic N) is 1. The third kappa shape index (κ3) is 2.23. The fraction of sp³-hybridized carbons (Fsp3) is 0.706. The highest BCUT2D eigenvalue weighted by Crippen LogP contribution is 2.62. The molecule has 0 aromatic rings. The van der Waals surface area contributed by atoms with Crippen molar-refractivity contribution in [3.05, 3.63) is 12.3 Å². The molecule has 5 rings (SSSR count). The number of rotatable bonds is 4. The second kappa shape index (κ2) is 4.90. The van der Waals surface area contributed by atoms with Gasteiger partial charge in [-0.25, -0.2) is 0 Å². The third-order valence-corrected chi connectivity index (χ3v) is 6.23. The van der Waals surface area contributed by atoms with Crippen molar-refractivity contribution in [3.63, 3.8) is 0 Å². The summed E-state index contributed by atoms with van der Waals surface area (Å²) >= 11 is 0. The van der Waals surface area contributed by atoms with E-state index in [9.17, 15) is 14.7 Å². The Morgan fingerprint density at radius 2 is 2.00 bits per heavy atom. The highest BCUT2D eigenvalue weighted by Gasteiger charge is 2.60. The Morgan fingerprint density at radius 1 is 1.30 bits per heavy atom. The Labute approximate surface area is 135 Å². The highest BCUT2D eigenvalue weighted by atomic mass is 16.3. The van der Waals surface area contributed by atoms with Crippen LogP contribution in [0.4, 0.5) is 0 Å². The van der Waals surface area contributed by atoms with Crippen LogP contribution in [-0.2, 0) is 9.59 Å². The lowest BCUT2D eigenvalue weighted by molar-refractivity contribution is -0.145. The Bertz CT molecular complexity index is 586. The van der Waals surface area contributed by atoms with Crippen molar-refractivity contribution in [1.29, 1.82) is 5.41 Å². The summed E-state index contributed by atoms with van der Waals surface area (Å²) in [6.45, 7) is 0. The van der Waals surface area contributed by atoms with Crippen LogP contribution < -0.4 is 5.32 Å². The predicted molar refractivity (Wildman–Crippen MR) is 83.4 cm³/mol. The van der Waals surface area contributed by atoms with Gasteiger partial charge in [0, 0.05) is 18.0 Å². The summed E-state index contributed by atoms with van der Waals surface area (Å²) < 4.78 is 0. The van der Waals surface area contributed by atoms with Crippen LogP contribution in [0.15, 0.2) is 12.3 Å². The summed E-state index contributed by atoms with van der Waals surface area (Å²) in [5, 5.41) is 22.0. The maximum Gasteiger partial charge on any atom is 0.273 e. The first-order chi connectivity index (χ1) is 10.9. The molecule has 4 aliphatic carbocycles. The van der Waals surface area contributed by atoms with E-state index in [1.807, 2.05) is 6.08 Å². The molecule has 3 N–H and O–H groups in total. The molecule has 4 bridgehead atoms. The molecule has 0 radical (unpaired) electrons. The summed E-state index contributed by atoms with van der Waals surface area (Å²) in [7, 11) is 0. The van der Waals surface area contributed by atoms with Crippen molar-refractivity contribution in [2.24, 2.45) is 17.3 Å². The number of hydrogen-bond acceptors (Lipinski definition) is 4. The van der Waals surface area contributed by atoms with Crippen molar-refractivity contribution in [2.75, 3.05) is 0 Å². The monoisotopic (exact) mass is 317 g/mol. The fourth-order valence-corrected chi connectivity index (χ4v) is 5.82. The lowest BCUT2D eigenvalue weighted by Crippen LogP contribution is -2.60. The second-order valence-corrected chi connectivity index (χ2v) is 7.97. The summed E-state index contributed by atoms with van der Waals surface area (Å²) in [6, 6.07) is 0. The molecule has 5 aliphatic rings. The van der Waals surface area contributed by atoms with Gasteiger partial charge in [0.15, 0.2) is 0 Å². The molecule has 1 heterocycles. The normalized spacial score (nSPS) is 43.7. The minimum atomic E-state index is -0.683. The SMILES string of the molecule is N=C(C(=O)N1C=CCC1NC=O)C12CC3CC(CC(O)(C3)C1)C2. The van der Waals surface area contributed by atoms with Crippen LogP contribution in [0.1, 0.15) is 44.9 Å². The Balaban J connectivity index is 1.58. The molecule has 4 fully saturated rings. The second-order valence-electron chi connectivity index (χ2n) is 7.97. The number of amides is 2. The molecular weight excluding hydrogens is 294 g/mol. The van der Waals surface area contributed by atoms with Gasteiger partial charge in [0.1, 0.15) is 11.9 Å². The van der Waals surface area contributed by atoms with Crippen LogP contribution in [0, 0.1) is 22.7 Å². The van der Waals surface area contributed by atoms with Crippen molar-refractivity contribution in [1.82, 2.24) is 10.2 Å². The summed E-state index contributed by atoms with van der Waals surface area (Å²) in [6.07, 6.45) is 9.28. The molecule has 3 unspecified atom stereocenters. The maximum absolute atomic E-state index is 12.9. The first-order valence-corrected chi connectivity index (χ1v) is 8.45. The molecule has 4 saturated carbocycles. The van der Waals surface area contributed by atoms with E-state index in [4.69, 9.17) is 5.41 Å². The largest absolute Gasteiger partial charge is 0.390 e. The number of aliphatic hydroxyl groups is 1. The van der Waals surface area contributed by atoms with E-state index in [-0.39, 0.29) is 11.6 Å². The zero-order valence-electron chi connectivity index (χ0n) is 13.1. The fourth-order valence-electron chi connectivity index (χ4n) is 5.82. The number of hydrogen-bond donors (Lipinski definition) is 3. The minimum absolute atomic E-state index is 0.120. The number of carbonyl (C=O) groups is 2. The van der Waals surface area contributed by atoms with Gasteiger partial charge in [-0.3, -0.25) is 19.9 Å². The van der Waals surface area contributed by atoms with Gasteiger partial charge in [-0.05, 0) is 50.4 Å². The van der Waals surface area contributed by atoms with Gasteiger partial charge in [0.05, 0.1) is 5.60 Å². The van der Waals surface area contributed by atoms with E-state index < -0.39 is 17.2 Å². The van der Waals surface area contributed by atoms with E-state index in [0.717, 1.165) is 32.1 Å². The zero-order chi connectivity index (χ0) is 16.2. The maximum atomic E-state index is 12.9. The van der Waals surface area contributed by atoms with Crippen molar-refractivity contribution in [3.8, 4) is 0 Å². The number of nitrogens with one attached hydrogen (secondary N) is 2. The summed E-state index contributed by atoms with van der Waals surface area (Å²) in [4.78, 5) is 25.0. The molecule has 6 nitrogen and oxygen atoms in total. The van der Waals surface area contributed by atoms with Crippen LogP contribution in [0.2, 0.25) is 0 Å². The molecule has 3 atom stereocenters. The Kier molecular flexibility index (Phi) is 3.17. The van der Waals surface area contributed by atoms with Crippen LogP contribution in [0.3, 0.4) is 0 Å². The Morgan fingerprint density at radius 3 is 2.61 bits per heavy atom. The molecule has 124 valence electrons. The lowest BCUT2D eigenvalue weighted by Gasteiger charge is -2.60. The van der Waals surface area contributed by atoms with Crippen molar-refractivity contribution < 1.29 is 14.7 Å². The van der Waals surface area contributed by atoms with Gasteiger partial charge in [-0.1, -0.05) is 6.08 Å². The summed E-state index contributed by atoms with van der Waals surface area (Å²) in [5.74, 6) is 0.545. The lowest BCUT2D eigenvalue weighted by atomic mass is 9.46. The molecule has 2 amide bonds. The van der Waals surface area contributed by atoms with Crippen LogP contribution >= 0.6 is 0 Å².